The number of ether oxygens (including phenoxy) is 5. The number of hydrogen-bond donors (Lipinski definition) is 2. The quantitative estimate of drug-likeness (QED) is 0.256. The molecule has 8 atom stereocenters. The van der Waals surface area contributed by atoms with Crippen LogP contribution >= 0.6 is 23.4 Å². The Kier molecular flexibility index (Phi) is 14.0. The van der Waals surface area contributed by atoms with Crippen molar-refractivity contribution in [1.29, 1.82) is 0 Å². The summed E-state index contributed by atoms with van der Waals surface area (Å²) in [5.41, 5.74) is -0.883. The molecule has 0 spiro atoms. The minimum atomic E-state index is -1.82. The van der Waals surface area contributed by atoms with Gasteiger partial charge < -0.3 is 38.6 Å². The van der Waals surface area contributed by atoms with Crippen molar-refractivity contribution in [2.75, 3.05) is 39.0 Å². The number of thioether (sulfide) groups is 1. The molecule has 4 bridgehead atoms. The first-order valence-corrected chi connectivity index (χ1v) is 19.2. The fourth-order valence-corrected chi connectivity index (χ4v) is 7.85. The van der Waals surface area contributed by atoms with Crippen LogP contribution in [0.4, 0.5) is 10.5 Å². The van der Waals surface area contributed by atoms with Crippen molar-refractivity contribution in [2.45, 2.75) is 114 Å². The van der Waals surface area contributed by atoms with Gasteiger partial charge in [0.25, 0.3) is 0 Å². The zero-order valence-electron chi connectivity index (χ0n) is 32.3. The summed E-state index contributed by atoms with van der Waals surface area (Å²) in [6.07, 6.45) is 1.26. The average Bonchev–Trinajstić information content (AvgIpc) is 3.79. The molecule has 4 rings (SSSR count). The lowest BCUT2D eigenvalue weighted by Crippen LogP contribution is -2.63. The zero-order valence-corrected chi connectivity index (χ0v) is 33.8. The summed E-state index contributed by atoms with van der Waals surface area (Å²) in [6, 6.07) is 2.64. The van der Waals surface area contributed by atoms with Gasteiger partial charge in [0.1, 0.15) is 40.7 Å². The van der Waals surface area contributed by atoms with Gasteiger partial charge >= 0.3 is 12.1 Å². The predicted octanol–water partition coefficient (Wildman–Crippen LogP) is 5.05. The van der Waals surface area contributed by atoms with E-state index in [0.717, 1.165) is 11.1 Å². The maximum absolute atomic E-state index is 14.1. The number of nitrogens with one attached hydrogen (secondary N) is 1. The summed E-state index contributed by atoms with van der Waals surface area (Å²) in [7, 11) is 6.06. The van der Waals surface area contributed by atoms with Crippen molar-refractivity contribution in [1.82, 2.24) is 10.2 Å². The van der Waals surface area contributed by atoms with Gasteiger partial charge in [-0.1, -0.05) is 56.2 Å². The van der Waals surface area contributed by atoms with E-state index in [0.29, 0.717) is 28.9 Å². The number of halogens is 1. The molecule has 0 radical (unpaired) electrons. The Labute approximate surface area is 321 Å². The van der Waals surface area contributed by atoms with Crippen LogP contribution in [0.2, 0.25) is 5.02 Å². The first kappa shape index (κ1) is 42.4. The number of alkyl carbamates (subject to hydrolysis) is 1. The molecule has 2 N–H and O–H groups in total. The van der Waals surface area contributed by atoms with Gasteiger partial charge in [-0.15, -0.1) is 0 Å². The van der Waals surface area contributed by atoms with Crippen molar-refractivity contribution in [3.8, 4) is 5.75 Å². The standard InChI is InChI=1S/C38H54ClN3O10S/c1-21(2)53-15-14-31(43)41(7)24(5)35(45)51-30-19-32(44)42(8)26-17-25(18-27(48-9)33(26)39)16-22(3)12-11-13-29(49-10)38(47)20-28(50-36(46)40-38)23(4)34-37(30,6)52-34/h11-13,17-18,21,23-24,28-30,34,47H,14-16,19-20H2,1-10H3,(H,40,46)/b13-11+,22-12+/t23-,24+,28+,29-,30+,34+,37-,38+/m1/s1. The van der Waals surface area contributed by atoms with Gasteiger partial charge in [0.15, 0.2) is 5.72 Å². The van der Waals surface area contributed by atoms with Crippen LogP contribution < -0.4 is 15.0 Å². The van der Waals surface area contributed by atoms with Crippen molar-refractivity contribution in [3.05, 3.63) is 46.5 Å². The molecule has 1 aromatic carbocycles. The van der Waals surface area contributed by atoms with E-state index < -0.39 is 65.7 Å². The lowest BCUT2D eigenvalue weighted by molar-refractivity contribution is -0.162. The second-order valence-electron chi connectivity index (χ2n) is 14.6. The highest BCUT2D eigenvalue weighted by Gasteiger charge is 2.64. The van der Waals surface area contributed by atoms with Gasteiger partial charge in [-0.2, -0.15) is 11.8 Å². The molecule has 13 nitrogen and oxygen atoms in total. The Bertz CT molecular complexity index is 1610. The fraction of sp³-hybridized carbons (Fsp3) is 0.632. The lowest BCUT2D eigenvalue weighted by Gasteiger charge is -2.42. The Morgan fingerprint density at radius 3 is 2.57 bits per heavy atom. The number of fused-ring (bicyclic) bond motifs is 5. The van der Waals surface area contributed by atoms with Crippen molar-refractivity contribution in [3.63, 3.8) is 0 Å². The maximum Gasteiger partial charge on any atom is 0.409 e. The van der Waals surface area contributed by atoms with Gasteiger partial charge in [-0.3, -0.25) is 14.9 Å². The van der Waals surface area contributed by atoms with E-state index in [9.17, 15) is 24.3 Å². The van der Waals surface area contributed by atoms with Crippen LogP contribution in [0.15, 0.2) is 35.9 Å². The molecule has 3 amide bonds. The monoisotopic (exact) mass is 779 g/mol. The smallest absolute Gasteiger partial charge is 0.409 e. The van der Waals surface area contributed by atoms with E-state index in [2.05, 4.69) is 5.32 Å². The highest BCUT2D eigenvalue weighted by molar-refractivity contribution is 7.99. The zero-order chi connectivity index (χ0) is 39.4. The number of anilines is 1. The summed E-state index contributed by atoms with van der Waals surface area (Å²) in [5.74, 6) is -0.875. The largest absolute Gasteiger partial charge is 0.495 e. The Balaban J connectivity index is 1.73. The van der Waals surface area contributed by atoms with E-state index in [1.807, 2.05) is 26.8 Å². The number of aliphatic hydroxyl groups is 1. The second kappa shape index (κ2) is 17.4. The van der Waals surface area contributed by atoms with Crippen LogP contribution in [0.1, 0.15) is 66.4 Å². The lowest BCUT2D eigenvalue weighted by atomic mass is 9.83. The molecule has 0 unspecified atom stereocenters. The number of carbonyl (C=O) groups is 4. The molecule has 294 valence electrons. The number of benzene rings is 1. The van der Waals surface area contributed by atoms with Crippen LogP contribution in [0.25, 0.3) is 0 Å². The number of hydrogen-bond acceptors (Lipinski definition) is 11. The van der Waals surface area contributed by atoms with E-state index in [4.69, 9.17) is 35.3 Å². The fourth-order valence-electron chi connectivity index (χ4n) is 6.78. The average molecular weight is 780 g/mol. The van der Waals surface area contributed by atoms with Crippen LogP contribution in [-0.4, -0.2) is 115 Å². The van der Waals surface area contributed by atoms with E-state index >= 15 is 0 Å². The Morgan fingerprint density at radius 1 is 1.23 bits per heavy atom. The number of methoxy groups -OCH3 is 2. The van der Waals surface area contributed by atoms with E-state index in [-0.39, 0.29) is 30.2 Å². The molecule has 2 fully saturated rings. The first-order chi connectivity index (χ1) is 24.8. The number of nitrogens with zero attached hydrogens (tertiary/aromatic N) is 2. The number of amides is 3. The molecule has 1 aromatic rings. The summed E-state index contributed by atoms with van der Waals surface area (Å²) in [6.45, 7) is 11.1. The molecule has 0 saturated carbocycles. The van der Waals surface area contributed by atoms with Crippen molar-refractivity contribution in [2.24, 2.45) is 5.92 Å². The number of likely N-dealkylation sites (N-methyl/N-ethyl adjacent to an activating group) is 1. The molecule has 53 heavy (non-hydrogen) atoms. The van der Waals surface area contributed by atoms with Crippen molar-refractivity contribution >= 4 is 52.9 Å². The van der Waals surface area contributed by atoms with Gasteiger partial charge in [-0.05, 0) is 50.1 Å². The SMILES string of the molecule is COc1cc2cc(c1Cl)N(C)C(=O)C[C@H](OC(=O)[C@H](C)N(C)C(=O)CCSC(C)C)[C@@]1(C)O[C@H]1[C@H](C)[C@@H]1C[C@@](O)(NC(=O)O1)[C@H](OC)/C=C/C=C(\C)C2. The van der Waals surface area contributed by atoms with E-state index in [1.54, 1.807) is 70.9 Å². The molecule has 2 saturated heterocycles. The number of esters is 1. The molecular formula is C38H54ClN3O10S. The summed E-state index contributed by atoms with van der Waals surface area (Å²) in [4.78, 5) is 56.4. The number of rotatable bonds is 9. The third kappa shape index (κ3) is 9.88. The maximum atomic E-state index is 14.1. The molecular weight excluding hydrogens is 726 g/mol. The predicted molar refractivity (Wildman–Crippen MR) is 203 cm³/mol. The van der Waals surface area contributed by atoms with Crippen LogP contribution in [0.3, 0.4) is 0 Å². The highest BCUT2D eigenvalue weighted by Crippen LogP contribution is 2.49. The van der Waals surface area contributed by atoms with Crippen LogP contribution in [0.5, 0.6) is 5.75 Å². The third-order valence-electron chi connectivity index (χ3n) is 10.3. The summed E-state index contributed by atoms with van der Waals surface area (Å²) >= 11 is 8.41. The number of carbonyl (C=O) groups excluding carboxylic acids is 4. The normalized spacial score (nSPS) is 31.3. The highest BCUT2D eigenvalue weighted by atomic mass is 35.5. The molecule has 3 aliphatic heterocycles. The second-order valence-corrected chi connectivity index (χ2v) is 16.6. The van der Waals surface area contributed by atoms with Crippen molar-refractivity contribution < 1.29 is 48.0 Å². The minimum Gasteiger partial charge on any atom is -0.495 e. The number of allylic oxidation sites excluding steroid dienone is 3. The Hall–Kier alpha value is -3.30. The molecule has 15 heteroatoms. The molecule has 3 aliphatic rings. The van der Waals surface area contributed by atoms with Gasteiger partial charge in [0, 0.05) is 45.7 Å². The minimum absolute atomic E-state index is 0.0450. The molecule has 0 aromatic heterocycles. The van der Waals surface area contributed by atoms with Crippen LogP contribution in [0, 0.1) is 5.92 Å². The van der Waals surface area contributed by atoms with Gasteiger partial charge in [0.2, 0.25) is 11.8 Å². The molecule has 0 aliphatic carbocycles. The summed E-state index contributed by atoms with van der Waals surface area (Å²) in [5, 5.41) is 14.8. The van der Waals surface area contributed by atoms with E-state index in [1.165, 1.54) is 24.0 Å². The van der Waals surface area contributed by atoms with Crippen LogP contribution in [-0.2, 0) is 39.8 Å². The molecule has 3 heterocycles. The van der Waals surface area contributed by atoms with Gasteiger partial charge in [0.05, 0.1) is 25.3 Å². The number of epoxide rings is 1. The third-order valence-corrected chi connectivity index (χ3v) is 11.8. The topological polar surface area (TPSA) is 156 Å². The Morgan fingerprint density at radius 2 is 1.92 bits per heavy atom. The van der Waals surface area contributed by atoms with Gasteiger partial charge in [-0.25, -0.2) is 9.59 Å². The first-order valence-electron chi connectivity index (χ1n) is 17.8. The summed E-state index contributed by atoms with van der Waals surface area (Å²) < 4.78 is 29.2.